The van der Waals surface area contributed by atoms with Gasteiger partial charge in [-0.05, 0) is 20.3 Å². The molecule has 0 aromatic heterocycles. The van der Waals surface area contributed by atoms with E-state index in [0.29, 0.717) is 26.3 Å². The van der Waals surface area contributed by atoms with Crippen LogP contribution in [0, 0.1) is 5.41 Å². The van der Waals surface area contributed by atoms with Crippen molar-refractivity contribution in [3.8, 4) is 0 Å². The second kappa shape index (κ2) is 4.82. The zero-order valence-electron chi connectivity index (χ0n) is 10.8. The van der Waals surface area contributed by atoms with Gasteiger partial charge in [0.05, 0.1) is 18.6 Å². The highest BCUT2D eigenvalue weighted by molar-refractivity contribution is 5.67. The monoisotopic (exact) mass is 243 g/mol. The first kappa shape index (κ1) is 12.6. The van der Waals surface area contributed by atoms with Crippen LogP contribution in [0.25, 0.3) is 0 Å². The van der Waals surface area contributed by atoms with Crippen molar-refractivity contribution in [3.05, 3.63) is 0 Å². The lowest BCUT2D eigenvalue weighted by atomic mass is 9.84. The number of rotatable bonds is 3. The molecule has 2 saturated heterocycles. The normalized spacial score (nSPS) is 35.7. The molecule has 0 spiro atoms. The predicted molar refractivity (Wildman–Crippen MR) is 61.6 cm³/mol. The molecule has 5 nitrogen and oxygen atoms in total. The maximum absolute atomic E-state index is 11.9. The van der Waals surface area contributed by atoms with Gasteiger partial charge in [0.25, 0.3) is 0 Å². The lowest BCUT2D eigenvalue weighted by Crippen LogP contribution is -2.41. The molecule has 0 aromatic rings. The molecule has 5 heteroatoms. The molecule has 0 saturated carbocycles. The highest BCUT2D eigenvalue weighted by Gasteiger charge is 2.54. The summed E-state index contributed by atoms with van der Waals surface area (Å²) < 4.78 is 16.6. The van der Waals surface area contributed by atoms with Crippen LogP contribution in [0.4, 0.5) is 4.79 Å². The quantitative estimate of drug-likeness (QED) is 0.755. The number of carbonyl (C=O) groups excluding carboxylic acids is 1. The van der Waals surface area contributed by atoms with E-state index in [0.717, 1.165) is 6.42 Å². The van der Waals surface area contributed by atoms with Crippen LogP contribution in [0.1, 0.15) is 27.2 Å². The van der Waals surface area contributed by atoms with E-state index in [9.17, 15) is 4.79 Å². The molecule has 0 aromatic carbocycles. The Morgan fingerprint density at radius 3 is 2.76 bits per heavy atom. The fourth-order valence-electron chi connectivity index (χ4n) is 2.46. The minimum Gasteiger partial charge on any atom is -0.443 e. The number of hydrogen-bond acceptors (Lipinski definition) is 4. The third-order valence-corrected chi connectivity index (χ3v) is 3.85. The minimum atomic E-state index is -0.252. The topological polar surface area (TPSA) is 48.0 Å². The smallest absolute Gasteiger partial charge is 0.410 e. The maximum atomic E-state index is 11.9. The molecule has 2 aliphatic heterocycles. The Kier molecular flexibility index (Phi) is 3.58. The third-order valence-electron chi connectivity index (χ3n) is 3.85. The fraction of sp³-hybridized carbons (Fsp3) is 0.917. The lowest BCUT2D eigenvalue weighted by Gasteiger charge is -2.29. The molecule has 98 valence electrons. The van der Waals surface area contributed by atoms with E-state index in [1.165, 1.54) is 0 Å². The van der Waals surface area contributed by atoms with E-state index >= 15 is 0 Å². The highest BCUT2D eigenvalue weighted by Crippen LogP contribution is 2.44. The van der Waals surface area contributed by atoms with Crippen LogP contribution in [-0.2, 0) is 14.2 Å². The molecule has 17 heavy (non-hydrogen) atoms. The molecular formula is C12H21NO4. The van der Waals surface area contributed by atoms with Crippen molar-refractivity contribution < 1.29 is 19.0 Å². The van der Waals surface area contributed by atoms with Gasteiger partial charge in [-0.3, -0.25) is 0 Å². The van der Waals surface area contributed by atoms with E-state index in [1.807, 2.05) is 13.8 Å². The molecule has 0 aliphatic carbocycles. The van der Waals surface area contributed by atoms with Crippen molar-refractivity contribution >= 4 is 6.09 Å². The number of nitrogens with zero attached hydrogens (tertiary/aromatic N) is 1. The average molecular weight is 243 g/mol. The number of fused-ring (bicyclic) bond motifs is 1. The van der Waals surface area contributed by atoms with E-state index in [2.05, 4.69) is 6.92 Å². The van der Waals surface area contributed by atoms with Gasteiger partial charge in [0.15, 0.2) is 6.29 Å². The van der Waals surface area contributed by atoms with Crippen LogP contribution >= 0.6 is 0 Å². The Balaban J connectivity index is 1.97. The fourth-order valence-corrected chi connectivity index (χ4v) is 2.46. The summed E-state index contributed by atoms with van der Waals surface area (Å²) in [6.07, 6.45) is 0.228. The number of ether oxygens (including phenoxy) is 3. The van der Waals surface area contributed by atoms with Crippen LogP contribution in [0.5, 0.6) is 0 Å². The van der Waals surface area contributed by atoms with E-state index in [1.54, 1.807) is 4.90 Å². The Morgan fingerprint density at radius 1 is 1.41 bits per heavy atom. The second-order valence-corrected chi connectivity index (χ2v) is 4.84. The molecule has 2 fully saturated rings. The van der Waals surface area contributed by atoms with Crippen molar-refractivity contribution in [2.75, 3.05) is 26.3 Å². The van der Waals surface area contributed by atoms with Crippen molar-refractivity contribution in [2.24, 2.45) is 5.41 Å². The summed E-state index contributed by atoms with van der Waals surface area (Å²) >= 11 is 0. The molecule has 1 amide bonds. The Morgan fingerprint density at radius 2 is 2.12 bits per heavy atom. The number of carbonyl (C=O) groups is 1. The van der Waals surface area contributed by atoms with Gasteiger partial charge in [-0.2, -0.15) is 0 Å². The van der Waals surface area contributed by atoms with Gasteiger partial charge in [0.2, 0.25) is 0 Å². The molecule has 2 rings (SSSR count). The summed E-state index contributed by atoms with van der Waals surface area (Å²) in [6.45, 7) is 8.41. The van der Waals surface area contributed by atoms with Gasteiger partial charge in [-0.1, -0.05) is 6.92 Å². The van der Waals surface area contributed by atoms with Crippen LogP contribution < -0.4 is 0 Å². The van der Waals surface area contributed by atoms with Gasteiger partial charge in [0.1, 0.15) is 6.10 Å². The number of hydrogen-bond donors (Lipinski definition) is 0. The molecular weight excluding hydrogens is 222 g/mol. The summed E-state index contributed by atoms with van der Waals surface area (Å²) in [5, 5.41) is 0. The van der Waals surface area contributed by atoms with Gasteiger partial charge >= 0.3 is 6.09 Å². The largest absolute Gasteiger partial charge is 0.443 e. The van der Waals surface area contributed by atoms with E-state index < -0.39 is 0 Å². The van der Waals surface area contributed by atoms with Crippen molar-refractivity contribution in [1.29, 1.82) is 0 Å². The Bertz CT molecular complexity index is 292. The third kappa shape index (κ3) is 2.13. The summed E-state index contributed by atoms with van der Waals surface area (Å²) in [6, 6.07) is 0. The predicted octanol–water partition coefficient (Wildman–Crippen LogP) is 1.62. The molecule has 2 heterocycles. The zero-order valence-corrected chi connectivity index (χ0v) is 10.8. The molecule has 1 unspecified atom stereocenters. The van der Waals surface area contributed by atoms with Crippen molar-refractivity contribution in [1.82, 2.24) is 4.90 Å². The van der Waals surface area contributed by atoms with Crippen LogP contribution in [0.15, 0.2) is 0 Å². The van der Waals surface area contributed by atoms with Crippen LogP contribution in [-0.4, -0.2) is 49.7 Å². The molecule has 2 aliphatic rings. The summed E-state index contributed by atoms with van der Waals surface area (Å²) in [5.41, 5.74) is -0.178. The van der Waals surface area contributed by atoms with Crippen molar-refractivity contribution in [3.63, 3.8) is 0 Å². The van der Waals surface area contributed by atoms with Crippen molar-refractivity contribution in [2.45, 2.75) is 39.6 Å². The van der Waals surface area contributed by atoms with E-state index in [-0.39, 0.29) is 23.9 Å². The SMILES string of the molecule is CCN(CC)C(=O)O[C@H]1COC2OCC[C@]21C. The Hall–Kier alpha value is -0.810. The van der Waals surface area contributed by atoms with Gasteiger partial charge in [0, 0.05) is 13.1 Å². The molecule has 0 radical (unpaired) electrons. The molecule has 0 N–H and O–H groups in total. The summed E-state index contributed by atoms with van der Waals surface area (Å²) in [5.74, 6) is 0. The molecule has 3 atom stereocenters. The standard InChI is InChI=1S/C12H21NO4/c1-4-13(5-2)11(14)17-9-8-16-10-12(9,3)6-7-15-10/h9-10H,4-8H2,1-3H3/t9-,10?,12-/m0/s1. The number of amides is 1. The first-order valence-corrected chi connectivity index (χ1v) is 6.30. The summed E-state index contributed by atoms with van der Waals surface area (Å²) in [7, 11) is 0. The van der Waals surface area contributed by atoms with E-state index in [4.69, 9.17) is 14.2 Å². The highest BCUT2D eigenvalue weighted by atomic mass is 16.7. The summed E-state index contributed by atoms with van der Waals surface area (Å²) in [4.78, 5) is 13.6. The van der Waals surface area contributed by atoms with Gasteiger partial charge in [-0.25, -0.2) is 4.79 Å². The minimum absolute atomic E-state index is 0.178. The zero-order chi connectivity index (χ0) is 12.5. The first-order chi connectivity index (χ1) is 8.11. The van der Waals surface area contributed by atoms with Crippen LogP contribution in [0.2, 0.25) is 0 Å². The maximum Gasteiger partial charge on any atom is 0.410 e. The molecule has 0 bridgehead atoms. The van der Waals surface area contributed by atoms with Gasteiger partial charge in [-0.15, -0.1) is 0 Å². The average Bonchev–Trinajstić information content (AvgIpc) is 2.80. The lowest BCUT2D eigenvalue weighted by molar-refractivity contribution is -0.108. The van der Waals surface area contributed by atoms with Crippen LogP contribution in [0.3, 0.4) is 0 Å². The second-order valence-electron chi connectivity index (χ2n) is 4.84. The Labute approximate surface area is 102 Å². The van der Waals surface area contributed by atoms with Gasteiger partial charge < -0.3 is 19.1 Å². The first-order valence-electron chi connectivity index (χ1n) is 6.30.